The SMILES string of the molecule is [2H]c1c([2H])c([2H])c(C(O)C(=O)O)c([2H])c1[2H].[2H]c1c([2H])c([2H])c(C(O)C(=O)OC)c([2H])c1[2H]. The number of benzene rings is 2. The zero-order valence-corrected chi connectivity index (χ0v) is 11.7. The van der Waals surface area contributed by atoms with Gasteiger partial charge in [-0.3, -0.25) is 0 Å². The zero-order chi connectivity index (χ0) is 25.9. The third-order valence-corrected chi connectivity index (χ3v) is 2.24. The first-order chi connectivity index (χ1) is 15.1. The number of aliphatic hydroxyl groups is 2. The molecule has 0 radical (unpaired) electrons. The van der Waals surface area contributed by atoms with E-state index in [1.54, 1.807) is 0 Å². The molecule has 0 amide bonds. The van der Waals surface area contributed by atoms with Gasteiger partial charge in [-0.05, 0) is 11.1 Å². The van der Waals surface area contributed by atoms with E-state index in [-0.39, 0.29) is 0 Å². The van der Waals surface area contributed by atoms with Crippen molar-refractivity contribution in [2.24, 2.45) is 0 Å². The van der Waals surface area contributed by atoms with Crippen LogP contribution >= 0.6 is 0 Å². The molecule has 2 unspecified atom stereocenters. The van der Waals surface area contributed by atoms with Crippen LogP contribution in [0.5, 0.6) is 0 Å². The Morgan fingerprint density at radius 3 is 1.65 bits per heavy atom. The number of hydrogen-bond acceptors (Lipinski definition) is 5. The van der Waals surface area contributed by atoms with Crippen molar-refractivity contribution in [3.8, 4) is 0 Å². The lowest BCUT2D eigenvalue weighted by Crippen LogP contribution is -2.13. The fourth-order valence-electron chi connectivity index (χ4n) is 1.15. The summed E-state index contributed by atoms with van der Waals surface area (Å²) >= 11 is 0. The molecule has 2 aromatic rings. The summed E-state index contributed by atoms with van der Waals surface area (Å²) in [5, 5.41) is 27.3. The number of aliphatic carboxylic acids is 1. The average molecular weight is 328 g/mol. The molecule has 6 heteroatoms. The molecule has 0 saturated carbocycles. The van der Waals surface area contributed by atoms with Gasteiger partial charge in [-0.15, -0.1) is 0 Å². The quantitative estimate of drug-likeness (QED) is 0.738. The molecule has 2 rings (SSSR count). The number of methoxy groups -OCH3 is 1. The van der Waals surface area contributed by atoms with Crippen molar-refractivity contribution in [3.05, 3.63) is 71.6 Å². The van der Waals surface area contributed by atoms with Crippen LogP contribution in [0, 0.1) is 0 Å². The molecule has 0 bridgehead atoms. The van der Waals surface area contributed by atoms with Gasteiger partial charge in [0.1, 0.15) is 0 Å². The maximum atomic E-state index is 11.1. The molecule has 122 valence electrons. The Morgan fingerprint density at radius 2 is 1.30 bits per heavy atom. The zero-order valence-electron chi connectivity index (χ0n) is 21.7. The van der Waals surface area contributed by atoms with Gasteiger partial charge < -0.3 is 20.1 Å². The number of carbonyl (C=O) groups excluding carboxylic acids is 1. The van der Waals surface area contributed by atoms with Gasteiger partial charge in [-0.1, -0.05) is 60.4 Å². The second-order valence-corrected chi connectivity index (χ2v) is 3.74. The second kappa shape index (κ2) is 9.34. The summed E-state index contributed by atoms with van der Waals surface area (Å²) in [4.78, 5) is 21.6. The number of esters is 1. The van der Waals surface area contributed by atoms with E-state index in [2.05, 4.69) is 4.74 Å². The molecule has 6 nitrogen and oxygen atoms in total. The Balaban J connectivity index is 0.000000331. The molecule has 2 aromatic carbocycles. The summed E-state index contributed by atoms with van der Waals surface area (Å²) in [7, 11) is 1.03. The molecule has 0 spiro atoms. The van der Waals surface area contributed by atoms with Crippen molar-refractivity contribution in [1.29, 1.82) is 0 Å². The standard InChI is InChI=1S/C9H10O3.C8H8O3/c1-12-9(11)8(10)7-5-3-2-4-6-7;9-7(8(10)11)6-4-2-1-3-5-6/h2-6,8,10H,1H3;1-5,7,9H,(H,10,11)/i2D,3D,4D,5D,6D;1D,2D,3D,4D,5D. The second-order valence-electron chi connectivity index (χ2n) is 3.74. The van der Waals surface area contributed by atoms with E-state index < -0.39 is 95.7 Å². The molecule has 0 aromatic heterocycles. The fourth-order valence-corrected chi connectivity index (χ4v) is 1.15. The molecule has 2 atom stereocenters. The van der Waals surface area contributed by atoms with E-state index in [4.69, 9.17) is 18.8 Å². The first kappa shape index (κ1) is 8.24. The van der Waals surface area contributed by atoms with Crippen LogP contribution in [0.2, 0.25) is 0 Å². The summed E-state index contributed by atoms with van der Waals surface area (Å²) in [6.07, 6.45) is -4.03. The van der Waals surface area contributed by atoms with Crippen LogP contribution in [-0.2, 0) is 14.3 Å². The number of ether oxygens (including phenoxy) is 1. The number of carbonyl (C=O) groups is 2. The van der Waals surface area contributed by atoms with Crippen molar-refractivity contribution >= 4 is 11.9 Å². The minimum absolute atomic E-state index is 0.483. The highest BCUT2D eigenvalue weighted by atomic mass is 16.5. The van der Waals surface area contributed by atoms with Crippen LogP contribution < -0.4 is 0 Å². The maximum absolute atomic E-state index is 11.1. The van der Waals surface area contributed by atoms with Gasteiger partial charge in [0.2, 0.25) is 0 Å². The molecule has 0 fully saturated rings. The van der Waals surface area contributed by atoms with E-state index in [1.807, 2.05) is 0 Å². The Bertz CT molecular complexity index is 1050. The Hall–Kier alpha value is -2.70. The molecule has 3 N–H and O–H groups in total. The Morgan fingerprint density at radius 1 is 0.913 bits per heavy atom. The number of rotatable bonds is 4. The topological polar surface area (TPSA) is 104 Å². The number of hydrogen-bond donors (Lipinski definition) is 3. The summed E-state index contributed by atoms with van der Waals surface area (Å²) in [5.74, 6) is -2.75. The highest BCUT2D eigenvalue weighted by molar-refractivity contribution is 5.76. The normalized spacial score (nSPS) is 18.4. The van der Waals surface area contributed by atoms with Crippen LogP contribution in [0.1, 0.15) is 37.0 Å². The molecular weight excluding hydrogens is 300 g/mol. The van der Waals surface area contributed by atoms with Gasteiger partial charge in [0.25, 0.3) is 0 Å². The van der Waals surface area contributed by atoms with Crippen molar-refractivity contribution in [2.45, 2.75) is 12.2 Å². The minimum Gasteiger partial charge on any atom is -0.479 e. The van der Waals surface area contributed by atoms with Gasteiger partial charge in [0.15, 0.2) is 12.2 Å². The minimum atomic E-state index is -2.13. The monoisotopic (exact) mass is 328 g/mol. The molecule has 0 saturated heterocycles. The summed E-state index contributed by atoms with van der Waals surface area (Å²) in [6.45, 7) is 0. The van der Waals surface area contributed by atoms with E-state index in [0.717, 1.165) is 7.11 Å². The van der Waals surface area contributed by atoms with Gasteiger partial charge >= 0.3 is 11.9 Å². The van der Waals surface area contributed by atoms with Crippen LogP contribution in [0.3, 0.4) is 0 Å². The fraction of sp³-hybridized carbons (Fsp3) is 0.176. The smallest absolute Gasteiger partial charge is 0.339 e. The van der Waals surface area contributed by atoms with E-state index in [0.29, 0.717) is 0 Å². The van der Waals surface area contributed by atoms with Crippen LogP contribution in [0.25, 0.3) is 0 Å². The average Bonchev–Trinajstić information content (AvgIpc) is 2.78. The number of aliphatic hydroxyl groups excluding tert-OH is 2. The van der Waals surface area contributed by atoms with Gasteiger partial charge in [-0.2, -0.15) is 0 Å². The first-order valence-electron chi connectivity index (χ1n) is 10.9. The molecule has 23 heavy (non-hydrogen) atoms. The predicted octanol–water partition coefficient (Wildman–Crippen LogP) is 1.70. The van der Waals surface area contributed by atoms with E-state index in [1.165, 1.54) is 0 Å². The Kier molecular flexibility index (Phi) is 3.35. The number of carboxylic acids is 1. The van der Waals surface area contributed by atoms with E-state index in [9.17, 15) is 19.8 Å². The lowest BCUT2D eigenvalue weighted by Gasteiger charge is -2.07. The molecule has 0 heterocycles. The van der Waals surface area contributed by atoms with Gasteiger partial charge in [-0.25, -0.2) is 9.59 Å². The Labute approximate surface area is 147 Å². The lowest BCUT2D eigenvalue weighted by atomic mass is 10.1. The predicted molar refractivity (Wildman–Crippen MR) is 82.5 cm³/mol. The maximum Gasteiger partial charge on any atom is 0.339 e. The molecule has 0 aliphatic rings. The third kappa shape index (κ3) is 5.90. The molecule has 0 aliphatic carbocycles. The van der Waals surface area contributed by atoms with Gasteiger partial charge in [0, 0.05) is 0 Å². The van der Waals surface area contributed by atoms with Crippen LogP contribution in [0.15, 0.2) is 60.4 Å². The number of carboxylic acid groups (broad SMARTS) is 1. The molecular formula is C17H18O6. The van der Waals surface area contributed by atoms with E-state index >= 15 is 0 Å². The highest BCUT2D eigenvalue weighted by Crippen LogP contribution is 2.12. The van der Waals surface area contributed by atoms with Crippen molar-refractivity contribution in [2.75, 3.05) is 7.11 Å². The van der Waals surface area contributed by atoms with Crippen molar-refractivity contribution < 1.29 is 43.4 Å². The largest absolute Gasteiger partial charge is 0.479 e. The summed E-state index contributed by atoms with van der Waals surface area (Å²) in [5.41, 5.74) is -1.11. The molecule has 0 aliphatic heterocycles. The van der Waals surface area contributed by atoms with Crippen molar-refractivity contribution in [3.63, 3.8) is 0 Å². The highest BCUT2D eigenvalue weighted by Gasteiger charge is 2.16. The van der Waals surface area contributed by atoms with Crippen LogP contribution in [-0.4, -0.2) is 34.4 Å². The third-order valence-electron chi connectivity index (χ3n) is 2.24. The van der Waals surface area contributed by atoms with Crippen molar-refractivity contribution in [1.82, 2.24) is 0 Å². The summed E-state index contributed by atoms with van der Waals surface area (Å²) in [6, 6.07) is -6.41. The first-order valence-corrected chi connectivity index (χ1v) is 5.92. The van der Waals surface area contributed by atoms with Gasteiger partial charge in [0.05, 0.1) is 20.8 Å². The lowest BCUT2D eigenvalue weighted by molar-refractivity contribution is -0.150. The van der Waals surface area contributed by atoms with Crippen LogP contribution in [0.4, 0.5) is 0 Å². The summed E-state index contributed by atoms with van der Waals surface area (Å²) < 4.78 is 77.8.